The van der Waals surface area contributed by atoms with E-state index in [1.165, 1.54) is 24.3 Å². The van der Waals surface area contributed by atoms with Gasteiger partial charge in [0.1, 0.15) is 5.75 Å². The predicted octanol–water partition coefficient (Wildman–Crippen LogP) is 2.74. The molecule has 5 heteroatoms. The average molecular weight is 291 g/mol. The van der Waals surface area contributed by atoms with Crippen molar-refractivity contribution in [3.05, 3.63) is 59.7 Å². The molecule has 0 aliphatic heterocycles. The van der Waals surface area contributed by atoms with Crippen molar-refractivity contribution in [2.24, 2.45) is 0 Å². The number of sulfonamides is 1. The van der Waals surface area contributed by atoms with Crippen molar-refractivity contribution in [3.8, 4) is 5.75 Å². The molecule has 0 amide bonds. The summed E-state index contributed by atoms with van der Waals surface area (Å²) in [5.74, 6) is 0.0379. The van der Waals surface area contributed by atoms with Crippen LogP contribution in [0.5, 0.6) is 5.75 Å². The van der Waals surface area contributed by atoms with Crippen molar-refractivity contribution < 1.29 is 13.5 Å². The first-order valence-electron chi connectivity index (χ1n) is 6.27. The van der Waals surface area contributed by atoms with Gasteiger partial charge in [0.25, 0.3) is 0 Å². The number of nitrogens with one attached hydrogen (secondary N) is 1. The van der Waals surface area contributed by atoms with Crippen LogP contribution in [0.2, 0.25) is 0 Å². The summed E-state index contributed by atoms with van der Waals surface area (Å²) in [5.41, 5.74) is 1.98. The molecule has 0 aliphatic carbocycles. The minimum absolute atomic E-state index is 0.0379. The number of aromatic hydroxyl groups is 1. The van der Waals surface area contributed by atoms with Gasteiger partial charge >= 0.3 is 0 Å². The lowest BCUT2D eigenvalue weighted by molar-refractivity contribution is 0.474. The monoisotopic (exact) mass is 291 g/mol. The van der Waals surface area contributed by atoms with Gasteiger partial charge in [-0.3, -0.25) is 0 Å². The highest BCUT2D eigenvalue weighted by Gasteiger charge is 2.19. The minimum Gasteiger partial charge on any atom is -0.508 e. The number of phenolic OH excluding ortho intramolecular Hbond substituents is 1. The molecule has 0 bridgehead atoms. The van der Waals surface area contributed by atoms with Crippen LogP contribution in [0.3, 0.4) is 0 Å². The predicted molar refractivity (Wildman–Crippen MR) is 78.0 cm³/mol. The quantitative estimate of drug-likeness (QED) is 0.910. The fourth-order valence-corrected chi connectivity index (χ4v) is 3.29. The molecule has 0 heterocycles. The molecule has 0 saturated carbocycles. The molecular formula is C15H17NO3S. The topological polar surface area (TPSA) is 66.4 Å². The SMILES string of the molecule is Cc1ccccc1C(C)NS(=O)(=O)c1ccc(O)cc1. The van der Waals surface area contributed by atoms with Gasteiger partial charge in [-0.2, -0.15) is 0 Å². The highest BCUT2D eigenvalue weighted by Crippen LogP contribution is 2.20. The fourth-order valence-electron chi connectivity index (χ4n) is 2.06. The van der Waals surface area contributed by atoms with Crippen LogP contribution < -0.4 is 4.72 Å². The zero-order valence-corrected chi connectivity index (χ0v) is 12.2. The summed E-state index contributed by atoms with van der Waals surface area (Å²) in [7, 11) is -3.60. The third kappa shape index (κ3) is 3.18. The number of rotatable bonds is 4. The van der Waals surface area contributed by atoms with E-state index in [0.717, 1.165) is 11.1 Å². The molecule has 1 unspecified atom stereocenters. The zero-order chi connectivity index (χ0) is 14.8. The van der Waals surface area contributed by atoms with Crippen LogP contribution in [-0.2, 0) is 10.0 Å². The zero-order valence-electron chi connectivity index (χ0n) is 11.4. The van der Waals surface area contributed by atoms with Gasteiger partial charge in [-0.1, -0.05) is 24.3 Å². The molecule has 1 atom stereocenters. The Morgan fingerprint density at radius 1 is 1.05 bits per heavy atom. The van der Waals surface area contributed by atoms with Gasteiger partial charge in [0.15, 0.2) is 0 Å². The van der Waals surface area contributed by atoms with Crippen molar-refractivity contribution in [2.45, 2.75) is 24.8 Å². The molecule has 106 valence electrons. The molecule has 20 heavy (non-hydrogen) atoms. The van der Waals surface area contributed by atoms with Gasteiger partial charge in [-0.25, -0.2) is 13.1 Å². The Balaban J connectivity index is 2.24. The Morgan fingerprint density at radius 2 is 1.65 bits per heavy atom. The lowest BCUT2D eigenvalue weighted by Crippen LogP contribution is -2.27. The van der Waals surface area contributed by atoms with E-state index in [9.17, 15) is 13.5 Å². The molecule has 2 N–H and O–H groups in total. The molecule has 2 aromatic rings. The van der Waals surface area contributed by atoms with Crippen molar-refractivity contribution in [3.63, 3.8) is 0 Å². The fraction of sp³-hybridized carbons (Fsp3) is 0.200. The van der Waals surface area contributed by atoms with Gasteiger partial charge in [-0.05, 0) is 49.2 Å². The maximum absolute atomic E-state index is 12.2. The van der Waals surface area contributed by atoms with Crippen molar-refractivity contribution >= 4 is 10.0 Å². The summed E-state index contributed by atoms with van der Waals surface area (Å²) in [6.45, 7) is 3.75. The minimum atomic E-state index is -3.60. The van der Waals surface area contributed by atoms with E-state index < -0.39 is 10.0 Å². The third-order valence-corrected chi connectivity index (χ3v) is 4.69. The molecule has 2 aromatic carbocycles. The van der Waals surface area contributed by atoms with Crippen molar-refractivity contribution in [2.75, 3.05) is 0 Å². The normalized spacial score (nSPS) is 13.1. The smallest absolute Gasteiger partial charge is 0.241 e. The van der Waals surface area contributed by atoms with Crippen LogP contribution in [-0.4, -0.2) is 13.5 Å². The highest BCUT2D eigenvalue weighted by molar-refractivity contribution is 7.89. The second-order valence-electron chi connectivity index (χ2n) is 4.69. The number of phenols is 1. The van der Waals surface area contributed by atoms with E-state index in [1.54, 1.807) is 6.92 Å². The molecule has 0 aliphatic rings. The summed E-state index contributed by atoms with van der Waals surface area (Å²) >= 11 is 0. The van der Waals surface area contributed by atoms with E-state index in [2.05, 4.69) is 4.72 Å². The standard InChI is InChI=1S/C15H17NO3S/c1-11-5-3-4-6-15(11)12(2)16-20(18,19)14-9-7-13(17)8-10-14/h3-10,12,16-17H,1-2H3. The Labute approximate surface area is 119 Å². The summed E-state index contributed by atoms with van der Waals surface area (Å²) in [6, 6.07) is 12.8. The lowest BCUT2D eigenvalue weighted by Gasteiger charge is -2.16. The van der Waals surface area contributed by atoms with Gasteiger partial charge in [0, 0.05) is 6.04 Å². The number of benzene rings is 2. The summed E-state index contributed by atoms with van der Waals surface area (Å²) in [5, 5.41) is 9.20. The highest BCUT2D eigenvalue weighted by atomic mass is 32.2. The van der Waals surface area contributed by atoms with E-state index >= 15 is 0 Å². The van der Waals surface area contributed by atoms with E-state index in [4.69, 9.17) is 0 Å². The molecule has 2 rings (SSSR count). The van der Waals surface area contributed by atoms with E-state index in [-0.39, 0.29) is 16.7 Å². The second-order valence-corrected chi connectivity index (χ2v) is 6.41. The summed E-state index contributed by atoms with van der Waals surface area (Å²) < 4.78 is 27.1. The molecule has 0 radical (unpaired) electrons. The molecule has 0 saturated heterocycles. The summed E-state index contributed by atoms with van der Waals surface area (Å²) in [6.07, 6.45) is 0. The molecule has 0 fully saturated rings. The van der Waals surface area contributed by atoms with Gasteiger partial charge in [-0.15, -0.1) is 0 Å². The van der Waals surface area contributed by atoms with Crippen LogP contribution in [0.15, 0.2) is 53.4 Å². The second kappa shape index (κ2) is 5.64. The lowest BCUT2D eigenvalue weighted by atomic mass is 10.0. The first kappa shape index (κ1) is 14.6. The van der Waals surface area contributed by atoms with Crippen LogP contribution in [0.4, 0.5) is 0 Å². The number of aryl methyl sites for hydroxylation is 1. The van der Waals surface area contributed by atoms with Crippen LogP contribution >= 0.6 is 0 Å². The maximum Gasteiger partial charge on any atom is 0.241 e. The largest absolute Gasteiger partial charge is 0.508 e. The van der Waals surface area contributed by atoms with Crippen LogP contribution in [0.25, 0.3) is 0 Å². The molecular weight excluding hydrogens is 274 g/mol. The van der Waals surface area contributed by atoms with Crippen LogP contribution in [0.1, 0.15) is 24.1 Å². The van der Waals surface area contributed by atoms with E-state index in [0.29, 0.717) is 0 Å². The van der Waals surface area contributed by atoms with Gasteiger partial charge in [0.2, 0.25) is 10.0 Å². The average Bonchev–Trinajstić information content (AvgIpc) is 2.39. The Kier molecular flexibility index (Phi) is 4.11. The molecule has 4 nitrogen and oxygen atoms in total. The Bertz CT molecular complexity index is 693. The number of hydrogen-bond acceptors (Lipinski definition) is 3. The van der Waals surface area contributed by atoms with Crippen molar-refractivity contribution in [1.29, 1.82) is 0 Å². The van der Waals surface area contributed by atoms with Crippen molar-refractivity contribution in [1.82, 2.24) is 4.72 Å². The Morgan fingerprint density at radius 3 is 2.25 bits per heavy atom. The van der Waals surface area contributed by atoms with Gasteiger partial charge < -0.3 is 5.11 Å². The molecule has 0 aromatic heterocycles. The first-order valence-corrected chi connectivity index (χ1v) is 7.75. The van der Waals surface area contributed by atoms with E-state index in [1.807, 2.05) is 31.2 Å². The van der Waals surface area contributed by atoms with Gasteiger partial charge in [0.05, 0.1) is 4.90 Å². The summed E-state index contributed by atoms with van der Waals surface area (Å²) in [4.78, 5) is 0.135. The Hall–Kier alpha value is -1.85. The third-order valence-electron chi connectivity index (χ3n) is 3.13. The number of hydrogen-bond donors (Lipinski definition) is 2. The first-order chi connectivity index (χ1) is 9.40. The maximum atomic E-state index is 12.2. The molecule has 0 spiro atoms. The van der Waals surface area contributed by atoms with Crippen LogP contribution in [0, 0.1) is 6.92 Å².